The first-order valence-corrected chi connectivity index (χ1v) is 8.79. The van der Waals surface area contributed by atoms with Crippen molar-refractivity contribution in [2.45, 2.75) is 24.3 Å². The Balaban J connectivity index is 2.05. The Labute approximate surface area is 129 Å². The average Bonchev–Trinajstić information content (AvgIpc) is 2.78. The van der Waals surface area contributed by atoms with Crippen LogP contribution >= 0.6 is 11.6 Å². The highest BCUT2D eigenvalue weighted by molar-refractivity contribution is 7.91. The predicted molar refractivity (Wildman–Crippen MR) is 80.3 cm³/mol. The summed E-state index contributed by atoms with van der Waals surface area (Å²) in [4.78, 5) is 13.2. The van der Waals surface area contributed by atoms with Gasteiger partial charge in [-0.15, -0.1) is 0 Å². The fourth-order valence-corrected chi connectivity index (χ4v) is 4.06. The summed E-state index contributed by atoms with van der Waals surface area (Å²) in [6.07, 6.45) is 0.776. The van der Waals surface area contributed by atoms with E-state index in [9.17, 15) is 18.3 Å². The van der Waals surface area contributed by atoms with Crippen LogP contribution in [0.2, 0.25) is 5.02 Å². The third kappa shape index (κ3) is 3.75. The van der Waals surface area contributed by atoms with Gasteiger partial charge in [-0.25, -0.2) is 8.42 Å². The summed E-state index contributed by atoms with van der Waals surface area (Å²) in [5.74, 6) is -0.935. The van der Waals surface area contributed by atoms with E-state index in [4.69, 9.17) is 11.6 Å². The van der Waals surface area contributed by atoms with Crippen LogP contribution in [-0.2, 0) is 14.6 Å². The van der Waals surface area contributed by atoms with Gasteiger partial charge in [-0.2, -0.15) is 0 Å². The number of hydrogen-bond acceptors (Lipinski definition) is 4. The number of sulfone groups is 1. The largest absolute Gasteiger partial charge is 0.480 e. The van der Waals surface area contributed by atoms with E-state index in [1.54, 1.807) is 4.90 Å². The summed E-state index contributed by atoms with van der Waals surface area (Å²) in [5.41, 5.74) is 0. The maximum Gasteiger partial charge on any atom is 0.321 e. The van der Waals surface area contributed by atoms with Gasteiger partial charge in [0, 0.05) is 11.6 Å². The Morgan fingerprint density at radius 1 is 1.38 bits per heavy atom. The highest BCUT2D eigenvalue weighted by Gasteiger charge is 2.36. The fraction of sp³-hybridized carbons (Fsp3) is 0.500. The van der Waals surface area contributed by atoms with E-state index >= 15 is 0 Å². The van der Waals surface area contributed by atoms with Crippen molar-refractivity contribution in [3.63, 3.8) is 0 Å². The molecule has 5 nitrogen and oxygen atoms in total. The molecule has 1 N–H and O–H groups in total. The first-order valence-electron chi connectivity index (χ1n) is 6.76. The third-order valence-electron chi connectivity index (χ3n) is 3.88. The molecule has 1 aromatic rings. The number of halogens is 1. The van der Waals surface area contributed by atoms with Crippen molar-refractivity contribution in [3.8, 4) is 0 Å². The molecule has 1 heterocycles. The van der Waals surface area contributed by atoms with Crippen molar-refractivity contribution in [1.29, 1.82) is 0 Å². The number of rotatable bonds is 5. The summed E-state index contributed by atoms with van der Waals surface area (Å²) in [6, 6.07) is 5.42. The van der Waals surface area contributed by atoms with E-state index < -0.39 is 21.8 Å². The Hall–Kier alpha value is -1.11. The fourth-order valence-electron chi connectivity index (χ4n) is 2.67. The molecule has 0 aromatic heterocycles. The minimum absolute atomic E-state index is 0.0423. The Kier molecular flexibility index (Phi) is 4.91. The van der Waals surface area contributed by atoms with Gasteiger partial charge in [0.25, 0.3) is 0 Å². The van der Waals surface area contributed by atoms with Gasteiger partial charge in [0.15, 0.2) is 9.84 Å². The number of benzene rings is 1. The number of aliphatic carboxylic acids is 1. The molecule has 116 valence electrons. The molecule has 0 radical (unpaired) electrons. The maximum absolute atomic E-state index is 12.2. The van der Waals surface area contributed by atoms with Gasteiger partial charge in [-0.05, 0) is 43.1 Å². The Morgan fingerprint density at radius 3 is 2.57 bits per heavy atom. The van der Waals surface area contributed by atoms with Crippen molar-refractivity contribution in [3.05, 3.63) is 29.3 Å². The van der Waals surface area contributed by atoms with Crippen molar-refractivity contribution in [2.75, 3.05) is 18.8 Å². The highest BCUT2D eigenvalue weighted by Crippen LogP contribution is 2.24. The first kappa shape index (κ1) is 16.3. The zero-order valence-electron chi connectivity index (χ0n) is 11.7. The molecule has 1 aliphatic heterocycles. The number of hydrogen-bond donors (Lipinski definition) is 1. The summed E-state index contributed by atoms with van der Waals surface area (Å²) in [6.45, 7) is 2.73. The Morgan fingerprint density at radius 2 is 2.00 bits per heavy atom. The molecule has 0 spiro atoms. The van der Waals surface area contributed by atoms with Gasteiger partial charge in [0.1, 0.15) is 6.04 Å². The zero-order chi connectivity index (χ0) is 15.6. The second-order valence-corrected chi connectivity index (χ2v) is 7.90. The number of carboxylic acids is 1. The lowest BCUT2D eigenvalue weighted by Gasteiger charge is -2.22. The number of carbonyl (C=O) groups is 1. The van der Waals surface area contributed by atoms with E-state index in [0.717, 1.165) is 6.42 Å². The Bertz CT molecular complexity index is 614. The lowest BCUT2D eigenvalue weighted by atomic mass is 10.0. The number of carboxylic acid groups (broad SMARTS) is 1. The number of likely N-dealkylation sites (tertiary alicyclic amines) is 1. The first-order chi connectivity index (χ1) is 9.81. The molecule has 0 aliphatic carbocycles. The van der Waals surface area contributed by atoms with Crippen molar-refractivity contribution >= 4 is 27.4 Å². The van der Waals surface area contributed by atoms with Crippen LogP contribution in [0, 0.1) is 5.92 Å². The van der Waals surface area contributed by atoms with Gasteiger partial charge in [0.05, 0.1) is 10.6 Å². The lowest BCUT2D eigenvalue weighted by Crippen LogP contribution is -2.41. The molecule has 1 saturated heterocycles. The molecule has 0 bridgehead atoms. The van der Waals surface area contributed by atoms with Crippen LogP contribution in [-0.4, -0.2) is 49.3 Å². The molecule has 2 unspecified atom stereocenters. The smallest absolute Gasteiger partial charge is 0.321 e. The summed E-state index contributed by atoms with van der Waals surface area (Å²) >= 11 is 5.74. The molecule has 1 fully saturated rings. The molecule has 2 atom stereocenters. The van der Waals surface area contributed by atoms with E-state index in [-0.39, 0.29) is 23.1 Å². The molecule has 1 aliphatic rings. The van der Waals surface area contributed by atoms with Crippen LogP contribution in [0.4, 0.5) is 0 Å². The van der Waals surface area contributed by atoms with Crippen LogP contribution in [0.5, 0.6) is 0 Å². The van der Waals surface area contributed by atoms with Gasteiger partial charge in [0.2, 0.25) is 0 Å². The van der Waals surface area contributed by atoms with E-state index in [2.05, 4.69) is 0 Å². The van der Waals surface area contributed by atoms with Crippen molar-refractivity contribution in [2.24, 2.45) is 5.92 Å². The zero-order valence-corrected chi connectivity index (χ0v) is 13.3. The van der Waals surface area contributed by atoms with Crippen LogP contribution in [0.3, 0.4) is 0 Å². The van der Waals surface area contributed by atoms with E-state index in [0.29, 0.717) is 11.6 Å². The summed E-state index contributed by atoms with van der Waals surface area (Å²) < 4.78 is 24.5. The standard InChI is InChI=1S/C14H18ClNO4S/c1-10-6-7-16(13(10)14(17)18)8-9-21(19,20)12-4-2-11(15)3-5-12/h2-5,10,13H,6-9H2,1H3,(H,17,18). The van der Waals surface area contributed by atoms with E-state index in [1.807, 2.05) is 6.92 Å². The molecular weight excluding hydrogens is 314 g/mol. The molecule has 7 heteroatoms. The third-order valence-corrected chi connectivity index (χ3v) is 5.84. The van der Waals surface area contributed by atoms with Crippen LogP contribution < -0.4 is 0 Å². The highest BCUT2D eigenvalue weighted by atomic mass is 35.5. The lowest BCUT2D eigenvalue weighted by molar-refractivity contribution is -0.143. The molecular formula is C14H18ClNO4S. The summed E-state index contributed by atoms with van der Waals surface area (Å²) in [5, 5.41) is 9.71. The SMILES string of the molecule is CC1CCN(CCS(=O)(=O)c2ccc(Cl)cc2)C1C(=O)O. The quantitative estimate of drug-likeness (QED) is 0.892. The van der Waals surface area contributed by atoms with Gasteiger partial charge < -0.3 is 5.11 Å². The monoisotopic (exact) mass is 331 g/mol. The second-order valence-electron chi connectivity index (χ2n) is 5.36. The average molecular weight is 332 g/mol. The van der Waals surface area contributed by atoms with Gasteiger partial charge >= 0.3 is 5.97 Å². The van der Waals surface area contributed by atoms with Crippen LogP contribution in [0.25, 0.3) is 0 Å². The van der Waals surface area contributed by atoms with E-state index in [1.165, 1.54) is 24.3 Å². The summed E-state index contributed by atoms with van der Waals surface area (Å²) in [7, 11) is -3.42. The minimum atomic E-state index is -3.42. The minimum Gasteiger partial charge on any atom is -0.480 e. The molecule has 1 aromatic carbocycles. The van der Waals surface area contributed by atoms with Crippen LogP contribution in [0.15, 0.2) is 29.2 Å². The van der Waals surface area contributed by atoms with Crippen molar-refractivity contribution in [1.82, 2.24) is 4.90 Å². The number of nitrogens with zero attached hydrogens (tertiary/aromatic N) is 1. The molecule has 0 amide bonds. The van der Waals surface area contributed by atoms with Crippen LogP contribution in [0.1, 0.15) is 13.3 Å². The van der Waals surface area contributed by atoms with Gasteiger partial charge in [-0.3, -0.25) is 9.69 Å². The van der Waals surface area contributed by atoms with Gasteiger partial charge in [-0.1, -0.05) is 18.5 Å². The topological polar surface area (TPSA) is 74.7 Å². The second kappa shape index (κ2) is 6.34. The predicted octanol–water partition coefficient (Wildman–Crippen LogP) is 1.91. The molecule has 2 rings (SSSR count). The molecule has 0 saturated carbocycles. The van der Waals surface area contributed by atoms with Crippen molar-refractivity contribution < 1.29 is 18.3 Å². The normalized spacial score (nSPS) is 23.3. The maximum atomic E-state index is 12.2. The molecule has 21 heavy (non-hydrogen) atoms.